The molecular weight excluding hydrogens is 424 g/mol. The first-order valence-electron chi connectivity index (χ1n) is 9.70. The molecule has 1 saturated heterocycles. The van der Waals surface area contributed by atoms with Crippen molar-refractivity contribution < 1.29 is 33.0 Å². The van der Waals surface area contributed by atoms with Gasteiger partial charge in [-0.3, -0.25) is 4.90 Å². The molecule has 0 aliphatic carbocycles. The Labute approximate surface area is 181 Å². The number of hydrogen-bond acceptors (Lipinski definition) is 6. The molecule has 31 heavy (non-hydrogen) atoms. The highest BCUT2D eigenvalue weighted by Gasteiger charge is 2.28. The van der Waals surface area contributed by atoms with Crippen LogP contribution in [0.25, 0.3) is 0 Å². The van der Waals surface area contributed by atoms with Gasteiger partial charge in [-0.15, -0.1) is 0 Å². The zero-order chi connectivity index (χ0) is 22.9. The third kappa shape index (κ3) is 7.06. The van der Waals surface area contributed by atoms with Gasteiger partial charge in [0, 0.05) is 38.3 Å². The Balaban J connectivity index is 0.000000501. The maximum Gasteiger partial charge on any atom is 0.414 e. The van der Waals surface area contributed by atoms with E-state index in [1.54, 1.807) is 28.6 Å². The molecule has 2 aromatic carbocycles. The number of para-hydroxylation sites is 1. The van der Waals surface area contributed by atoms with Gasteiger partial charge in [-0.2, -0.15) is 4.31 Å². The van der Waals surface area contributed by atoms with E-state index in [-0.39, 0.29) is 0 Å². The van der Waals surface area contributed by atoms with Crippen molar-refractivity contribution in [1.82, 2.24) is 9.21 Å². The Morgan fingerprint density at radius 3 is 2.00 bits per heavy atom. The second-order valence-corrected chi connectivity index (χ2v) is 8.58. The number of benzene rings is 2. The predicted octanol–water partition coefficient (Wildman–Crippen LogP) is 1.75. The Morgan fingerprint density at radius 1 is 0.903 bits per heavy atom. The van der Waals surface area contributed by atoms with Gasteiger partial charge in [0.15, 0.2) is 0 Å². The van der Waals surface area contributed by atoms with E-state index in [9.17, 15) is 8.42 Å². The summed E-state index contributed by atoms with van der Waals surface area (Å²) in [6.07, 6.45) is 0. The van der Waals surface area contributed by atoms with Gasteiger partial charge in [-0.05, 0) is 25.1 Å². The molecule has 0 spiro atoms. The van der Waals surface area contributed by atoms with E-state index < -0.39 is 22.0 Å². The van der Waals surface area contributed by atoms with Crippen LogP contribution >= 0.6 is 0 Å². The molecule has 1 aliphatic rings. The van der Waals surface area contributed by atoms with Crippen molar-refractivity contribution in [2.75, 3.05) is 32.8 Å². The molecule has 0 amide bonds. The lowest BCUT2D eigenvalue weighted by atomic mass is 10.2. The van der Waals surface area contributed by atoms with Crippen LogP contribution < -0.4 is 4.74 Å². The van der Waals surface area contributed by atoms with Crippen LogP contribution in [-0.2, 0) is 26.2 Å². The summed E-state index contributed by atoms with van der Waals surface area (Å²) in [5.74, 6) is -2.74. The lowest BCUT2D eigenvalue weighted by Crippen LogP contribution is -2.48. The number of carbonyl (C=O) groups is 2. The van der Waals surface area contributed by atoms with Crippen molar-refractivity contribution in [2.24, 2.45) is 0 Å². The summed E-state index contributed by atoms with van der Waals surface area (Å²) >= 11 is 0. The lowest BCUT2D eigenvalue weighted by Gasteiger charge is -2.34. The summed E-state index contributed by atoms with van der Waals surface area (Å²) in [6.45, 7) is 5.83. The van der Waals surface area contributed by atoms with Gasteiger partial charge in [0.2, 0.25) is 10.0 Å². The van der Waals surface area contributed by atoms with Crippen molar-refractivity contribution in [3.8, 4) is 5.75 Å². The number of rotatable bonds is 6. The number of hydrogen-bond donors (Lipinski definition) is 2. The molecule has 1 aliphatic heterocycles. The number of piperazine rings is 1. The van der Waals surface area contributed by atoms with Gasteiger partial charge >= 0.3 is 11.9 Å². The Bertz CT molecular complexity index is 960. The van der Waals surface area contributed by atoms with E-state index in [1.165, 1.54) is 0 Å². The topological polar surface area (TPSA) is 124 Å². The molecule has 0 atom stereocenters. The monoisotopic (exact) mass is 450 g/mol. The van der Waals surface area contributed by atoms with Gasteiger partial charge < -0.3 is 14.9 Å². The molecule has 0 unspecified atom stereocenters. The van der Waals surface area contributed by atoms with Crippen molar-refractivity contribution in [1.29, 1.82) is 0 Å². The van der Waals surface area contributed by atoms with Crippen LogP contribution in [-0.4, -0.2) is 72.6 Å². The summed E-state index contributed by atoms with van der Waals surface area (Å²) in [4.78, 5) is 20.8. The van der Waals surface area contributed by atoms with Gasteiger partial charge in [0.05, 0.1) is 11.5 Å². The van der Waals surface area contributed by atoms with Crippen LogP contribution in [0.5, 0.6) is 5.75 Å². The smallest absolute Gasteiger partial charge is 0.414 e. The summed E-state index contributed by atoms with van der Waals surface area (Å²) < 4.78 is 32.6. The minimum Gasteiger partial charge on any atom is -0.494 e. The van der Waals surface area contributed by atoms with E-state index >= 15 is 0 Å². The molecule has 0 saturated carbocycles. The van der Waals surface area contributed by atoms with Gasteiger partial charge in [-0.25, -0.2) is 18.0 Å². The standard InChI is InChI=1S/C19H24N2O3S.C2H2O4/c1-2-24-19-11-7-6-8-17(19)16-20-12-14-21(15-13-20)25(22,23)18-9-4-3-5-10-18;3-1(4)2(5)6/h3-11H,2,12-16H2,1H3;(H,3,4)(H,5,6). The summed E-state index contributed by atoms with van der Waals surface area (Å²) in [5, 5.41) is 14.8. The Hall–Kier alpha value is -2.95. The highest BCUT2D eigenvalue weighted by Crippen LogP contribution is 2.22. The van der Waals surface area contributed by atoms with E-state index in [0.29, 0.717) is 37.7 Å². The number of aliphatic carboxylic acids is 2. The van der Waals surface area contributed by atoms with Gasteiger partial charge in [-0.1, -0.05) is 36.4 Å². The van der Waals surface area contributed by atoms with Crippen LogP contribution in [0.15, 0.2) is 59.5 Å². The van der Waals surface area contributed by atoms with Crippen molar-refractivity contribution in [3.63, 3.8) is 0 Å². The molecule has 0 bridgehead atoms. The number of carboxylic acids is 2. The molecule has 2 aromatic rings. The number of carboxylic acid groups (broad SMARTS) is 2. The minimum atomic E-state index is -3.39. The second kappa shape index (κ2) is 11.4. The molecule has 9 nitrogen and oxygen atoms in total. The zero-order valence-corrected chi connectivity index (χ0v) is 18.0. The average Bonchev–Trinajstić information content (AvgIpc) is 2.77. The fourth-order valence-electron chi connectivity index (χ4n) is 3.04. The van der Waals surface area contributed by atoms with E-state index in [1.807, 2.05) is 31.2 Å². The largest absolute Gasteiger partial charge is 0.494 e. The number of ether oxygens (including phenoxy) is 1. The summed E-state index contributed by atoms with van der Waals surface area (Å²) in [5.41, 5.74) is 1.14. The third-order valence-electron chi connectivity index (χ3n) is 4.56. The maximum absolute atomic E-state index is 12.7. The third-order valence-corrected chi connectivity index (χ3v) is 6.47. The predicted molar refractivity (Wildman–Crippen MR) is 113 cm³/mol. The van der Waals surface area contributed by atoms with E-state index in [4.69, 9.17) is 24.5 Å². The van der Waals surface area contributed by atoms with Crippen molar-refractivity contribution in [3.05, 3.63) is 60.2 Å². The molecule has 10 heteroatoms. The normalized spacial score (nSPS) is 14.9. The van der Waals surface area contributed by atoms with E-state index in [2.05, 4.69) is 11.0 Å². The van der Waals surface area contributed by atoms with Gasteiger partial charge in [0.1, 0.15) is 5.75 Å². The van der Waals surface area contributed by atoms with Crippen LogP contribution in [0.4, 0.5) is 0 Å². The fourth-order valence-corrected chi connectivity index (χ4v) is 4.48. The Kier molecular flexibility index (Phi) is 8.98. The summed E-state index contributed by atoms with van der Waals surface area (Å²) in [6, 6.07) is 16.7. The first kappa shape index (κ1) is 24.3. The lowest BCUT2D eigenvalue weighted by molar-refractivity contribution is -0.159. The van der Waals surface area contributed by atoms with Gasteiger partial charge in [0.25, 0.3) is 0 Å². The molecule has 0 aromatic heterocycles. The summed E-state index contributed by atoms with van der Waals surface area (Å²) in [7, 11) is -3.39. The van der Waals surface area contributed by atoms with E-state index in [0.717, 1.165) is 17.9 Å². The second-order valence-electron chi connectivity index (χ2n) is 6.64. The quantitative estimate of drug-likeness (QED) is 0.638. The number of nitrogens with zero attached hydrogens (tertiary/aromatic N) is 2. The average molecular weight is 451 g/mol. The SMILES string of the molecule is CCOc1ccccc1CN1CCN(S(=O)(=O)c2ccccc2)CC1.O=C(O)C(=O)O. The molecule has 1 fully saturated rings. The molecule has 2 N–H and O–H groups in total. The zero-order valence-electron chi connectivity index (χ0n) is 17.2. The Morgan fingerprint density at radius 2 is 1.45 bits per heavy atom. The highest BCUT2D eigenvalue weighted by molar-refractivity contribution is 7.89. The molecule has 0 radical (unpaired) electrons. The van der Waals surface area contributed by atoms with Crippen LogP contribution in [0.2, 0.25) is 0 Å². The fraction of sp³-hybridized carbons (Fsp3) is 0.333. The molecule has 3 rings (SSSR count). The van der Waals surface area contributed by atoms with Crippen LogP contribution in [0.3, 0.4) is 0 Å². The highest BCUT2D eigenvalue weighted by atomic mass is 32.2. The van der Waals surface area contributed by atoms with Crippen molar-refractivity contribution >= 4 is 22.0 Å². The maximum atomic E-state index is 12.7. The van der Waals surface area contributed by atoms with Crippen molar-refractivity contribution in [2.45, 2.75) is 18.4 Å². The first-order chi connectivity index (χ1) is 14.8. The van der Waals surface area contributed by atoms with Crippen LogP contribution in [0.1, 0.15) is 12.5 Å². The molecule has 168 valence electrons. The molecular formula is C21H26N2O7S. The molecule has 1 heterocycles. The first-order valence-corrected chi connectivity index (χ1v) is 11.1. The van der Waals surface area contributed by atoms with Crippen LogP contribution in [0, 0.1) is 0 Å². The number of sulfonamides is 1. The minimum absolute atomic E-state index is 0.366.